The molecule has 2 aromatic carbocycles. The highest BCUT2D eigenvalue weighted by atomic mass is 32.2. The Balaban J connectivity index is 0.00000260. The first-order valence-corrected chi connectivity index (χ1v) is 14.8. The zero-order chi connectivity index (χ0) is 28.8. The summed E-state index contributed by atoms with van der Waals surface area (Å²) in [6.07, 6.45) is 2.65. The van der Waals surface area contributed by atoms with Crippen molar-refractivity contribution in [2.75, 3.05) is 39.1 Å². The lowest BCUT2D eigenvalue weighted by Gasteiger charge is -2.12. The van der Waals surface area contributed by atoms with Crippen molar-refractivity contribution in [2.45, 2.75) is 44.8 Å². The van der Waals surface area contributed by atoms with E-state index in [1.54, 1.807) is 37.0 Å². The van der Waals surface area contributed by atoms with E-state index < -0.39 is 0 Å². The summed E-state index contributed by atoms with van der Waals surface area (Å²) in [4.78, 5) is 34.0. The van der Waals surface area contributed by atoms with E-state index in [-0.39, 0.29) is 11.8 Å². The maximum Gasteiger partial charge on any atom is 0.252 e. The zero-order valence-electron chi connectivity index (χ0n) is 23.8. The van der Waals surface area contributed by atoms with Gasteiger partial charge in [0.05, 0.1) is 18.8 Å². The Morgan fingerprint density at radius 3 is 2.56 bits per heavy atom. The fourth-order valence-electron chi connectivity index (χ4n) is 3.41. The van der Waals surface area contributed by atoms with Gasteiger partial charge in [0, 0.05) is 39.4 Å². The van der Waals surface area contributed by atoms with Gasteiger partial charge in [0.2, 0.25) is 0 Å². The predicted octanol–water partition coefficient (Wildman–Crippen LogP) is 6.59. The molecule has 1 aliphatic heterocycles. The molecule has 0 fully saturated rings. The summed E-state index contributed by atoms with van der Waals surface area (Å²) in [5.74, 6) is 1.22. The number of ether oxygens (including phenoxy) is 1. The van der Waals surface area contributed by atoms with Crippen LogP contribution in [0.3, 0.4) is 0 Å². The maximum absolute atomic E-state index is 12.9. The summed E-state index contributed by atoms with van der Waals surface area (Å²) in [5.41, 5.74) is 2.94. The first-order valence-electron chi connectivity index (χ1n) is 13.0. The minimum absolute atomic E-state index is 0.149. The minimum Gasteiger partial charge on any atom is -0.494 e. The number of aliphatic imine (C=N–C) groups is 1. The van der Waals surface area contributed by atoms with Crippen LogP contribution in [0.5, 0.6) is 5.75 Å². The lowest BCUT2D eigenvalue weighted by molar-refractivity contribution is -0.112. The number of carbonyl (C=O) groups excluding carboxylic acids is 2. The number of fused-ring (bicyclic) bond motifs is 1. The van der Waals surface area contributed by atoms with Crippen LogP contribution in [0.15, 0.2) is 73.9 Å². The van der Waals surface area contributed by atoms with Gasteiger partial charge in [-0.3, -0.25) is 14.6 Å². The topological polar surface area (TPSA) is 83.0 Å². The molecule has 0 radical (unpaired) electrons. The fraction of sp³-hybridized carbons (Fsp3) is 0.367. The molecular formula is C30H40N4O3S2. The van der Waals surface area contributed by atoms with Crippen LogP contribution in [0.4, 0.5) is 5.69 Å². The van der Waals surface area contributed by atoms with Crippen molar-refractivity contribution in [2.24, 2.45) is 4.99 Å². The van der Waals surface area contributed by atoms with Crippen molar-refractivity contribution >= 4 is 47.7 Å². The van der Waals surface area contributed by atoms with E-state index in [0.717, 1.165) is 44.7 Å². The number of benzene rings is 2. The maximum atomic E-state index is 12.9. The van der Waals surface area contributed by atoms with Gasteiger partial charge in [-0.2, -0.15) is 0 Å². The Bertz CT molecular complexity index is 1190. The number of hydrogen-bond acceptors (Lipinski definition) is 7. The standard InChI is InChI=1S/C28H34N4O3S2.C2H6/c1-19-20(2)37-26-12-9-22(15-25(26)31-27(19)33)28(34)30-17-24(16-29-3)36-18-21-7-10-23(11-8-21)35-14-6-13-32(4)5;1-2/h7-12,15-16H,3,6,13-14,17-18H2,1-2,4-5H3,(H,30,34)(H,31,33);1-2H3/b24-16-;. The second-order valence-corrected chi connectivity index (χ2v) is 11.2. The molecule has 7 nitrogen and oxygen atoms in total. The smallest absolute Gasteiger partial charge is 0.252 e. The minimum atomic E-state index is -0.223. The largest absolute Gasteiger partial charge is 0.494 e. The molecule has 2 N–H and O–H groups in total. The molecule has 39 heavy (non-hydrogen) atoms. The van der Waals surface area contributed by atoms with Crippen LogP contribution in [0.2, 0.25) is 0 Å². The Kier molecular flexibility index (Phi) is 13.9. The van der Waals surface area contributed by atoms with E-state index in [1.807, 2.05) is 51.1 Å². The van der Waals surface area contributed by atoms with Crippen molar-refractivity contribution < 1.29 is 14.3 Å². The van der Waals surface area contributed by atoms with Gasteiger partial charge < -0.3 is 20.3 Å². The van der Waals surface area contributed by atoms with Crippen molar-refractivity contribution in [1.29, 1.82) is 0 Å². The third-order valence-corrected chi connectivity index (χ3v) is 7.93. The van der Waals surface area contributed by atoms with Crippen LogP contribution in [-0.4, -0.2) is 57.2 Å². The molecule has 2 amide bonds. The number of nitrogens with one attached hydrogen (secondary N) is 2. The van der Waals surface area contributed by atoms with Crippen LogP contribution in [-0.2, 0) is 10.5 Å². The van der Waals surface area contributed by atoms with Crippen LogP contribution in [0, 0.1) is 0 Å². The van der Waals surface area contributed by atoms with Gasteiger partial charge in [0.25, 0.3) is 11.8 Å². The van der Waals surface area contributed by atoms with E-state index in [4.69, 9.17) is 4.74 Å². The third-order valence-electron chi connectivity index (χ3n) is 5.65. The summed E-state index contributed by atoms with van der Waals surface area (Å²) >= 11 is 3.12. The highest BCUT2D eigenvalue weighted by molar-refractivity contribution is 8.03. The Hall–Kier alpha value is -3.01. The van der Waals surface area contributed by atoms with Crippen LogP contribution in [0.1, 0.15) is 50.0 Å². The number of nitrogens with zero attached hydrogens (tertiary/aromatic N) is 2. The normalized spacial score (nSPS) is 13.1. The molecule has 1 heterocycles. The summed E-state index contributed by atoms with van der Waals surface area (Å²) in [5, 5.41) is 5.84. The molecule has 0 spiro atoms. The second-order valence-electron chi connectivity index (χ2n) is 8.85. The van der Waals surface area contributed by atoms with Crippen LogP contribution in [0.25, 0.3) is 0 Å². The number of anilines is 1. The van der Waals surface area contributed by atoms with E-state index >= 15 is 0 Å². The van der Waals surface area contributed by atoms with E-state index in [9.17, 15) is 9.59 Å². The molecule has 0 saturated heterocycles. The van der Waals surface area contributed by atoms with Crippen molar-refractivity contribution in [3.63, 3.8) is 0 Å². The van der Waals surface area contributed by atoms with Gasteiger partial charge >= 0.3 is 0 Å². The summed E-state index contributed by atoms with van der Waals surface area (Å²) in [6.45, 7) is 13.3. The number of thioether (sulfide) groups is 2. The molecule has 0 bridgehead atoms. The van der Waals surface area contributed by atoms with Gasteiger partial charge in [0.15, 0.2) is 0 Å². The quantitative estimate of drug-likeness (QED) is 0.222. The molecule has 9 heteroatoms. The summed E-state index contributed by atoms with van der Waals surface area (Å²) in [6, 6.07) is 13.4. The van der Waals surface area contributed by atoms with Gasteiger partial charge in [-0.15, -0.1) is 11.8 Å². The predicted molar refractivity (Wildman–Crippen MR) is 167 cm³/mol. The Labute approximate surface area is 241 Å². The van der Waals surface area contributed by atoms with Gasteiger partial charge in [-0.25, -0.2) is 0 Å². The first-order chi connectivity index (χ1) is 18.8. The molecule has 3 rings (SSSR count). The molecule has 2 aromatic rings. The molecule has 0 aliphatic carbocycles. The van der Waals surface area contributed by atoms with E-state index in [0.29, 0.717) is 30.0 Å². The molecule has 210 valence electrons. The number of carbonyl (C=O) groups is 2. The van der Waals surface area contributed by atoms with Gasteiger partial charge in [0.1, 0.15) is 5.75 Å². The molecule has 0 atom stereocenters. The van der Waals surface area contributed by atoms with Crippen LogP contribution >= 0.6 is 23.5 Å². The van der Waals surface area contributed by atoms with Crippen molar-refractivity contribution in [1.82, 2.24) is 10.2 Å². The molecule has 0 saturated carbocycles. The first kappa shape index (κ1) is 32.2. The highest BCUT2D eigenvalue weighted by Gasteiger charge is 2.19. The highest BCUT2D eigenvalue weighted by Crippen LogP contribution is 2.37. The third kappa shape index (κ3) is 10.6. The fourth-order valence-corrected chi connectivity index (χ4v) is 5.21. The van der Waals surface area contributed by atoms with E-state index in [2.05, 4.69) is 41.3 Å². The lowest BCUT2D eigenvalue weighted by Crippen LogP contribution is -2.25. The second kappa shape index (κ2) is 16.8. The molecule has 0 unspecified atom stereocenters. The van der Waals surface area contributed by atoms with Gasteiger partial charge in [-0.05, 0) is 81.9 Å². The Morgan fingerprint density at radius 2 is 1.90 bits per heavy atom. The van der Waals surface area contributed by atoms with Crippen molar-refractivity contribution in [3.8, 4) is 5.75 Å². The van der Waals surface area contributed by atoms with Crippen LogP contribution < -0.4 is 15.4 Å². The monoisotopic (exact) mass is 568 g/mol. The number of rotatable bonds is 12. The molecular weight excluding hydrogens is 528 g/mol. The lowest BCUT2D eigenvalue weighted by atomic mass is 10.1. The van der Waals surface area contributed by atoms with Crippen molar-refractivity contribution in [3.05, 3.63) is 75.2 Å². The van der Waals surface area contributed by atoms with Gasteiger partial charge in [-0.1, -0.05) is 37.7 Å². The number of amides is 2. The Morgan fingerprint density at radius 1 is 1.18 bits per heavy atom. The average molecular weight is 569 g/mol. The zero-order valence-corrected chi connectivity index (χ0v) is 25.4. The summed E-state index contributed by atoms with van der Waals surface area (Å²) in [7, 11) is 4.10. The molecule has 1 aliphatic rings. The SMILES string of the molecule is C=N/C=C(/CNC(=O)c1ccc2c(c1)NC(=O)C(C)=C(C)S2)SCc1ccc(OCCCN(C)C)cc1.CC. The van der Waals surface area contributed by atoms with E-state index in [1.165, 1.54) is 11.8 Å². The average Bonchev–Trinajstić information content (AvgIpc) is 3.04. The number of hydrogen-bond donors (Lipinski definition) is 2. The number of allylic oxidation sites excluding steroid dienone is 1. The molecule has 0 aromatic heterocycles. The summed E-state index contributed by atoms with van der Waals surface area (Å²) < 4.78 is 5.80.